The van der Waals surface area contributed by atoms with Crippen LogP contribution in [0.5, 0.6) is 0 Å². The molecule has 2 fully saturated rings. The van der Waals surface area contributed by atoms with Gasteiger partial charge in [0.15, 0.2) is 5.13 Å². The summed E-state index contributed by atoms with van der Waals surface area (Å²) < 4.78 is 0. The van der Waals surface area contributed by atoms with E-state index in [1.807, 2.05) is 0 Å². The monoisotopic (exact) mass is 280 g/mol. The van der Waals surface area contributed by atoms with E-state index in [0.29, 0.717) is 5.13 Å². The Labute approximate surface area is 119 Å². The molecule has 0 aliphatic carbocycles. The molecule has 0 amide bonds. The van der Waals surface area contributed by atoms with E-state index in [1.54, 1.807) is 11.3 Å². The fourth-order valence-electron chi connectivity index (χ4n) is 3.35. The molecule has 2 aliphatic heterocycles. The number of nitrogen functional groups attached to an aromatic ring is 1. The first kappa shape index (κ1) is 13.3. The van der Waals surface area contributed by atoms with Crippen LogP contribution in [0, 0.1) is 0 Å². The predicted molar refractivity (Wildman–Crippen MR) is 80.2 cm³/mol. The number of rotatable bonds is 3. The smallest absolute Gasteiger partial charge is 0.180 e. The molecule has 3 rings (SSSR count). The first-order valence-electron chi connectivity index (χ1n) is 7.47. The lowest BCUT2D eigenvalue weighted by molar-refractivity contribution is 0.0892. The van der Waals surface area contributed by atoms with E-state index in [9.17, 15) is 0 Å². The number of thiazole rings is 1. The SMILES string of the molecule is Nc1nc(CN2CCC(N3CCCCC3)CC2)cs1. The maximum atomic E-state index is 5.69. The van der Waals surface area contributed by atoms with Gasteiger partial charge in [-0.05, 0) is 38.8 Å². The van der Waals surface area contributed by atoms with Crippen molar-refractivity contribution < 1.29 is 0 Å². The summed E-state index contributed by atoms with van der Waals surface area (Å²) in [5.74, 6) is 0. The molecule has 1 aromatic rings. The van der Waals surface area contributed by atoms with Crippen LogP contribution in [0.4, 0.5) is 5.13 Å². The van der Waals surface area contributed by atoms with E-state index in [4.69, 9.17) is 5.73 Å². The molecule has 4 nitrogen and oxygen atoms in total. The summed E-state index contributed by atoms with van der Waals surface area (Å²) in [6, 6.07) is 0.831. The lowest BCUT2D eigenvalue weighted by Gasteiger charge is -2.40. The second-order valence-electron chi connectivity index (χ2n) is 5.78. The minimum Gasteiger partial charge on any atom is -0.375 e. The Balaban J connectivity index is 1.46. The van der Waals surface area contributed by atoms with Crippen LogP contribution < -0.4 is 5.73 Å². The fraction of sp³-hybridized carbons (Fsp3) is 0.786. The zero-order valence-corrected chi connectivity index (χ0v) is 12.4. The average molecular weight is 280 g/mol. The highest BCUT2D eigenvalue weighted by atomic mass is 32.1. The molecule has 0 aromatic carbocycles. The third kappa shape index (κ3) is 3.46. The predicted octanol–water partition coefficient (Wildman–Crippen LogP) is 2.18. The molecule has 1 aromatic heterocycles. The largest absolute Gasteiger partial charge is 0.375 e. The number of nitrogens with two attached hydrogens (primary N) is 1. The van der Waals surface area contributed by atoms with Crippen LogP contribution in [0.2, 0.25) is 0 Å². The molecule has 0 saturated carbocycles. The number of anilines is 1. The maximum Gasteiger partial charge on any atom is 0.180 e. The van der Waals surface area contributed by atoms with E-state index in [-0.39, 0.29) is 0 Å². The van der Waals surface area contributed by atoms with Crippen molar-refractivity contribution in [2.75, 3.05) is 31.9 Å². The lowest BCUT2D eigenvalue weighted by atomic mass is 10.00. The van der Waals surface area contributed by atoms with Gasteiger partial charge in [-0.2, -0.15) is 0 Å². The molecule has 0 unspecified atom stereocenters. The summed E-state index contributed by atoms with van der Waals surface area (Å²) in [7, 11) is 0. The molecule has 3 heterocycles. The molecule has 0 radical (unpaired) electrons. The number of hydrogen-bond acceptors (Lipinski definition) is 5. The summed E-state index contributed by atoms with van der Waals surface area (Å²) >= 11 is 1.55. The van der Waals surface area contributed by atoms with Gasteiger partial charge in [0.1, 0.15) is 0 Å². The zero-order chi connectivity index (χ0) is 13.1. The van der Waals surface area contributed by atoms with E-state index >= 15 is 0 Å². The highest BCUT2D eigenvalue weighted by Crippen LogP contribution is 2.22. The summed E-state index contributed by atoms with van der Waals surface area (Å²) in [6.07, 6.45) is 6.87. The van der Waals surface area contributed by atoms with E-state index < -0.39 is 0 Å². The van der Waals surface area contributed by atoms with Gasteiger partial charge in [0.05, 0.1) is 5.69 Å². The van der Waals surface area contributed by atoms with E-state index in [1.165, 1.54) is 58.3 Å². The number of likely N-dealkylation sites (tertiary alicyclic amines) is 2. The Morgan fingerprint density at radius 2 is 1.89 bits per heavy atom. The normalized spacial score (nSPS) is 23.8. The van der Waals surface area contributed by atoms with Gasteiger partial charge in [0.25, 0.3) is 0 Å². The van der Waals surface area contributed by atoms with Gasteiger partial charge >= 0.3 is 0 Å². The second kappa shape index (κ2) is 6.20. The van der Waals surface area contributed by atoms with Crippen LogP contribution in [0.3, 0.4) is 0 Å². The Kier molecular flexibility index (Phi) is 4.35. The second-order valence-corrected chi connectivity index (χ2v) is 6.67. The first-order valence-corrected chi connectivity index (χ1v) is 8.35. The van der Waals surface area contributed by atoms with Crippen molar-refractivity contribution in [1.29, 1.82) is 0 Å². The summed E-state index contributed by atoms with van der Waals surface area (Å²) in [6.45, 7) is 6.04. The van der Waals surface area contributed by atoms with Crippen molar-refractivity contribution >= 4 is 16.5 Å². The highest BCUT2D eigenvalue weighted by Gasteiger charge is 2.25. The van der Waals surface area contributed by atoms with Crippen LogP contribution in [-0.4, -0.2) is 47.0 Å². The summed E-state index contributed by atoms with van der Waals surface area (Å²) in [4.78, 5) is 9.60. The lowest BCUT2D eigenvalue weighted by Crippen LogP contribution is -2.46. The Morgan fingerprint density at radius 1 is 1.16 bits per heavy atom. The summed E-state index contributed by atoms with van der Waals surface area (Å²) in [5, 5.41) is 2.78. The topological polar surface area (TPSA) is 45.4 Å². The number of piperidine rings is 2. The van der Waals surface area contributed by atoms with Gasteiger partial charge in [0, 0.05) is 31.1 Å². The molecule has 0 bridgehead atoms. The quantitative estimate of drug-likeness (QED) is 0.922. The number of nitrogens with zero attached hydrogens (tertiary/aromatic N) is 3. The van der Waals surface area contributed by atoms with Gasteiger partial charge in [-0.3, -0.25) is 4.90 Å². The molecule has 2 aliphatic rings. The molecular weight excluding hydrogens is 256 g/mol. The van der Waals surface area contributed by atoms with Gasteiger partial charge in [0.2, 0.25) is 0 Å². The van der Waals surface area contributed by atoms with Crippen molar-refractivity contribution in [3.05, 3.63) is 11.1 Å². The maximum absolute atomic E-state index is 5.69. The average Bonchev–Trinajstić information content (AvgIpc) is 2.86. The van der Waals surface area contributed by atoms with Crippen LogP contribution in [0.1, 0.15) is 37.8 Å². The minimum absolute atomic E-state index is 0.693. The van der Waals surface area contributed by atoms with Crippen molar-refractivity contribution in [1.82, 2.24) is 14.8 Å². The van der Waals surface area contributed by atoms with Gasteiger partial charge in [-0.25, -0.2) is 4.98 Å². The third-order valence-corrected chi connectivity index (χ3v) is 5.14. The number of hydrogen-bond donors (Lipinski definition) is 1. The zero-order valence-electron chi connectivity index (χ0n) is 11.6. The fourth-order valence-corrected chi connectivity index (χ4v) is 3.90. The van der Waals surface area contributed by atoms with Crippen LogP contribution in [0.15, 0.2) is 5.38 Å². The third-order valence-electron chi connectivity index (χ3n) is 4.42. The number of aromatic nitrogens is 1. The van der Waals surface area contributed by atoms with Crippen LogP contribution >= 0.6 is 11.3 Å². The van der Waals surface area contributed by atoms with Crippen LogP contribution in [0.25, 0.3) is 0 Å². The van der Waals surface area contributed by atoms with Gasteiger partial charge in [-0.1, -0.05) is 6.42 Å². The highest BCUT2D eigenvalue weighted by molar-refractivity contribution is 7.13. The van der Waals surface area contributed by atoms with Crippen molar-refractivity contribution in [3.8, 4) is 0 Å². The van der Waals surface area contributed by atoms with E-state index in [2.05, 4.69) is 20.2 Å². The molecule has 106 valence electrons. The van der Waals surface area contributed by atoms with Crippen molar-refractivity contribution in [3.63, 3.8) is 0 Å². The molecule has 5 heteroatoms. The van der Waals surface area contributed by atoms with Gasteiger partial charge < -0.3 is 10.6 Å². The molecule has 2 N–H and O–H groups in total. The molecule has 0 spiro atoms. The van der Waals surface area contributed by atoms with E-state index in [0.717, 1.165) is 18.3 Å². The Bertz CT molecular complexity index is 392. The van der Waals surface area contributed by atoms with Crippen LogP contribution in [-0.2, 0) is 6.54 Å². The van der Waals surface area contributed by atoms with Crippen molar-refractivity contribution in [2.45, 2.75) is 44.7 Å². The molecule has 19 heavy (non-hydrogen) atoms. The molecular formula is C14H24N4S. The van der Waals surface area contributed by atoms with Gasteiger partial charge in [-0.15, -0.1) is 11.3 Å². The Hall–Kier alpha value is -0.650. The first-order chi connectivity index (χ1) is 9.31. The minimum atomic E-state index is 0.693. The van der Waals surface area contributed by atoms with Crippen molar-refractivity contribution in [2.24, 2.45) is 0 Å². The summed E-state index contributed by atoms with van der Waals surface area (Å²) in [5.41, 5.74) is 6.82. The molecule has 2 saturated heterocycles. The molecule has 0 atom stereocenters. The standard InChI is InChI=1S/C14H24N4S/c15-14-16-12(11-19-14)10-17-8-4-13(5-9-17)18-6-2-1-3-7-18/h11,13H,1-10H2,(H2,15,16). The Morgan fingerprint density at radius 3 is 2.53 bits per heavy atom.